The highest BCUT2D eigenvalue weighted by atomic mass is 16.5. The van der Waals surface area contributed by atoms with E-state index >= 15 is 0 Å². The fraction of sp³-hybridized carbons (Fsp3) is 0.375. The van der Waals surface area contributed by atoms with Crippen molar-refractivity contribution in [2.24, 2.45) is 5.92 Å². The largest absolute Gasteiger partial charge is 0.497 e. The first-order valence-electron chi connectivity index (χ1n) is 7.06. The Morgan fingerprint density at radius 2 is 1.95 bits per heavy atom. The molecule has 0 fully saturated rings. The van der Waals surface area contributed by atoms with Crippen LogP contribution in [0.1, 0.15) is 13.8 Å². The minimum atomic E-state index is -0.273. The Morgan fingerprint density at radius 3 is 2.55 bits per heavy atom. The summed E-state index contributed by atoms with van der Waals surface area (Å²) in [7, 11) is 3.17. The molecular formula is C16H21N3O3. The number of benzene rings is 1. The highest BCUT2D eigenvalue weighted by Crippen LogP contribution is 2.32. The Kier molecular flexibility index (Phi) is 4.70. The zero-order valence-electron chi connectivity index (χ0n) is 13.3. The summed E-state index contributed by atoms with van der Waals surface area (Å²) in [5, 5.41) is 4.41. The van der Waals surface area contributed by atoms with E-state index in [0.717, 1.165) is 5.56 Å². The van der Waals surface area contributed by atoms with E-state index in [0.29, 0.717) is 23.7 Å². The number of aromatic nitrogens is 2. The normalized spacial score (nSPS) is 10.8. The third kappa shape index (κ3) is 3.21. The number of nitrogens with zero attached hydrogens (tertiary/aromatic N) is 2. The molecule has 118 valence electrons. The van der Waals surface area contributed by atoms with Crippen LogP contribution in [0.15, 0.2) is 29.1 Å². The fourth-order valence-electron chi connectivity index (χ4n) is 2.17. The number of nitrogens with two attached hydrogens (primary N) is 1. The molecular weight excluding hydrogens is 282 g/mol. The molecule has 1 aromatic carbocycles. The number of hydrogen-bond acceptors (Lipinski definition) is 5. The summed E-state index contributed by atoms with van der Waals surface area (Å²) in [6, 6.07) is 6.99. The van der Waals surface area contributed by atoms with Crippen molar-refractivity contribution in [3.05, 3.63) is 34.6 Å². The predicted molar refractivity (Wildman–Crippen MR) is 86.3 cm³/mol. The van der Waals surface area contributed by atoms with Crippen LogP contribution >= 0.6 is 0 Å². The average molecular weight is 303 g/mol. The molecule has 0 amide bonds. The van der Waals surface area contributed by atoms with Crippen LogP contribution in [0.2, 0.25) is 0 Å². The van der Waals surface area contributed by atoms with Gasteiger partial charge in [-0.1, -0.05) is 13.8 Å². The van der Waals surface area contributed by atoms with Crippen LogP contribution in [0, 0.1) is 5.92 Å². The first-order valence-corrected chi connectivity index (χ1v) is 7.06. The summed E-state index contributed by atoms with van der Waals surface area (Å²) in [6.45, 7) is 4.55. The molecule has 1 aromatic heterocycles. The first kappa shape index (κ1) is 15.9. The van der Waals surface area contributed by atoms with Crippen LogP contribution in [-0.2, 0) is 6.54 Å². The zero-order valence-corrected chi connectivity index (χ0v) is 13.3. The quantitative estimate of drug-likeness (QED) is 0.915. The second kappa shape index (κ2) is 6.51. The molecule has 2 N–H and O–H groups in total. The van der Waals surface area contributed by atoms with Crippen LogP contribution < -0.4 is 20.8 Å². The van der Waals surface area contributed by atoms with Gasteiger partial charge in [0.15, 0.2) is 0 Å². The van der Waals surface area contributed by atoms with Gasteiger partial charge in [0, 0.05) is 18.2 Å². The van der Waals surface area contributed by atoms with Crippen molar-refractivity contribution >= 4 is 5.69 Å². The number of hydrogen-bond donors (Lipinski definition) is 1. The van der Waals surface area contributed by atoms with Crippen molar-refractivity contribution in [2.45, 2.75) is 20.4 Å². The molecule has 0 bridgehead atoms. The minimum Gasteiger partial charge on any atom is -0.497 e. The van der Waals surface area contributed by atoms with Crippen LogP contribution in [0.4, 0.5) is 5.69 Å². The summed E-state index contributed by atoms with van der Waals surface area (Å²) in [5.41, 5.74) is 7.09. The maximum absolute atomic E-state index is 12.1. The number of nitrogen functional groups attached to an aromatic ring is 1. The van der Waals surface area contributed by atoms with Gasteiger partial charge >= 0.3 is 0 Å². The van der Waals surface area contributed by atoms with Crippen molar-refractivity contribution in [1.82, 2.24) is 9.78 Å². The molecule has 0 saturated heterocycles. The van der Waals surface area contributed by atoms with Crippen molar-refractivity contribution in [3.63, 3.8) is 0 Å². The molecule has 0 saturated carbocycles. The summed E-state index contributed by atoms with van der Waals surface area (Å²) >= 11 is 0. The molecule has 0 aliphatic rings. The van der Waals surface area contributed by atoms with Gasteiger partial charge in [-0.05, 0) is 24.1 Å². The summed E-state index contributed by atoms with van der Waals surface area (Å²) in [5.74, 6) is 1.59. The Bertz CT molecular complexity index is 723. The maximum atomic E-state index is 12.1. The Morgan fingerprint density at radius 1 is 1.23 bits per heavy atom. The fourth-order valence-corrected chi connectivity index (χ4v) is 2.17. The lowest BCUT2D eigenvalue weighted by Crippen LogP contribution is -2.27. The molecule has 22 heavy (non-hydrogen) atoms. The molecule has 0 aliphatic carbocycles. The molecule has 0 unspecified atom stereocenters. The second-order valence-corrected chi connectivity index (χ2v) is 5.43. The van der Waals surface area contributed by atoms with Gasteiger partial charge < -0.3 is 15.2 Å². The molecule has 0 atom stereocenters. The van der Waals surface area contributed by atoms with E-state index in [1.165, 1.54) is 4.68 Å². The molecule has 2 aromatic rings. The van der Waals surface area contributed by atoms with Gasteiger partial charge in [0.1, 0.15) is 17.2 Å². The highest BCUT2D eigenvalue weighted by Gasteiger charge is 2.13. The van der Waals surface area contributed by atoms with E-state index in [2.05, 4.69) is 5.10 Å². The SMILES string of the molecule is COc1ccc(-c2cc(N)c(=O)n(CC(C)C)n2)c(OC)c1. The minimum absolute atomic E-state index is 0.170. The van der Waals surface area contributed by atoms with Crippen molar-refractivity contribution in [3.8, 4) is 22.8 Å². The van der Waals surface area contributed by atoms with Gasteiger partial charge in [0.05, 0.1) is 19.9 Å². The van der Waals surface area contributed by atoms with Crippen molar-refractivity contribution in [1.29, 1.82) is 0 Å². The summed E-state index contributed by atoms with van der Waals surface area (Å²) < 4.78 is 12.0. The Labute approximate surface area is 129 Å². The van der Waals surface area contributed by atoms with Crippen LogP contribution in [0.5, 0.6) is 11.5 Å². The van der Waals surface area contributed by atoms with Gasteiger partial charge in [-0.25, -0.2) is 4.68 Å². The molecule has 0 spiro atoms. The van der Waals surface area contributed by atoms with Crippen molar-refractivity contribution in [2.75, 3.05) is 20.0 Å². The van der Waals surface area contributed by atoms with Gasteiger partial charge in [0.25, 0.3) is 5.56 Å². The van der Waals surface area contributed by atoms with Crippen LogP contribution in [0.25, 0.3) is 11.3 Å². The van der Waals surface area contributed by atoms with Gasteiger partial charge in [0.2, 0.25) is 0 Å². The number of ether oxygens (including phenoxy) is 2. The predicted octanol–water partition coefficient (Wildman–Crippen LogP) is 2.17. The first-order chi connectivity index (χ1) is 10.5. The van der Waals surface area contributed by atoms with E-state index in [-0.39, 0.29) is 17.2 Å². The zero-order chi connectivity index (χ0) is 16.3. The third-order valence-electron chi connectivity index (χ3n) is 3.22. The lowest BCUT2D eigenvalue weighted by atomic mass is 10.1. The smallest absolute Gasteiger partial charge is 0.289 e. The number of methoxy groups -OCH3 is 2. The lowest BCUT2D eigenvalue weighted by Gasteiger charge is -2.13. The monoisotopic (exact) mass is 303 g/mol. The van der Waals surface area contributed by atoms with Gasteiger partial charge in [-0.2, -0.15) is 5.10 Å². The van der Waals surface area contributed by atoms with Crippen LogP contribution in [-0.4, -0.2) is 24.0 Å². The van der Waals surface area contributed by atoms with E-state index in [1.807, 2.05) is 26.0 Å². The summed E-state index contributed by atoms with van der Waals surface area (Å²) in [4.78, 5) is 12.1. The standard InChI is InChI=1S/C16H21N3O3/c1-10(2)9-19-16(20)13(17)8-14(18-19)12-6-5-11(21-3)7-15(12)22-4/h5-8,10H,9,17H2,1-4H3. The number of anilines is 1. The Hall–Kier alpha value is -2.50. The van der Waals surface area contributed by atoms with Crippen LogP contribution in [0.3, 0.4) is 0 Å². The molecule has 1 heterocycles. The van der Waals surface area contributed by atoms with E-state index < -0.39 is 0 Å². The molecule has 0 radical (unpaired) electrons. The van der Waals surface area contributed by atoms with Gasteiger partial charge in [-0.3, -0.25) is 4.79 Å². The Balaban J connectivity index is 2.57. The second-order valence-electron chi connectivity index (χ2n) is 5.43. The van der Waals surface area contributed by atoms with Crippen molar-refractivity contribution < 1.29 is 9.47 Å². The molecule has 0 aliphatic heterocycles. The molecule has 6 heteroatoms. The van der Waals surface area contributed by atoms with Gasteiger partial charge in [-0.15, -0.1) is 0 Å². The maximum Gasteiger partial charge on any atom is 0.289 e. The number of rotatable bonds is 5. The lowest BCUT2D eigenvalue weighted by molar-refractivity contribution is 0.395. The topological polar surface area (TPSA) is 79.4 Å². The highest BCUT2D eigenvalue weighted by molar-refractivity contribution is 5.70. The summed E-state index contributed by atoms with van der Waals surface area (Å²) in [6.07, 6.45) is 0. The molecule has 2 rings (SSSR count). The third-order valence-corrected chi connectivity index (χ3v) is 3.22. The molecule has 6 nitrogen and oxygen atoms in total. The average Bonchev–Trinajstić information content (AvgIpc) is 2.50. The van der Waals surface area contributed by atoms with E-state index in [4.69, 9.17) is 15.2 Å². The van der Waals surface area contributed by atoms with E-state index in [1.54, 1.807) is 26.4 Å². The van der Waals surface area contributed by atoms with E-state index in [9.17, 15) is 4.79 Å².